The van der Waals surface area contributed by atoms with Gasteiger partial charge in [0.1, 0.15) is 10.2 Å². The Morgan fingerprint density at radius 1 is 1.27 bits per heavy atom. The van der Waals surface area contributed by atoms with Gasteiger partial charge in [-0.3, -0.25) is 0 Å². The van der Waals surface area contributed by atoms with Gasteiger partial charge in [-0.2, -0.15) is 13.2 Å². The number of aromatic nitrogens is 2. The molecule has 1 aromatic rings. The molecule has 6 nitrogen and oxygen atoms in total. The lowest BCUT2D eigenvalue weighted by Crippen LogP contribution is -2.58. The van der Waals surface area contributed by atoms with E-state index in [-0.39, 0.29) is 16.1 Å². The SMILES string of the molecule is CC(C)(C)OC(=O)N1CCC2(C1)CN(c1cnc(C(F)(F)F)nc1Br)C2. The van der Waals surface area contributed by atoms with E-state index in [1.54, 1.807) is 4.90 Å². The summed E-state index contributed by atoms with van der Waals surface area (Å²) in [7, 11) is 0. The van der Waals surface area contributed by atoms with Crippen LogP contribution >= 0.6 is 15.9 Å². The number of nitrogens with zero attached hydrogens (tertiary/aromatic N) is 4. The van der Waals surface area contributed by atoms with Crippen molar-refractivity contribution in [2.75, 3.05) is 31.1 Å². The summed E-state index contributed by atoms with van der Waals surface area (Å²) in [6.45, 7) is 7.95. The highest BCUT2D eigenvalue weighted by Gasteiger charge is 2.50. The molecule has 0 bridgehead atoms. The lowest BCUT2D eigenvalue weighted by Gasteiger charge is -2.49. The van der Waals surface area contributed by atoms with Gasteiger partial charge < -0.3 is 14.5 Å². The highest BCUT2D eigenvalue weighted by molar-refractivity contribution is 9.10. The fourth-order valence-corrected chi connectivity index (χ4v) is 3.83. The lowest BCUT2D eigenvalue weighted by atomic mass is 9.79. The van der Waals surface area contributed by atoms with Crippen LogP contribution in [0.1, 0.15) is 33.0 Å². The van der Waals surface area contributed by atoms with Crippen LogP contribution in [0.5, 0.6) is 0 Å². The van der Waals surface area contributed by atoms with Crippen molar-refractivity contribution < 1.29 is 22.7 Å². The van der Waals surface area contributed by atoms with Crippen molar-refractivity contribution in [3.8, 4) is 0 Å². The molecular formula is C16H20BrF3N4O2. The van der Waals surface area contributed by atoms with Gasteiger partial charge in [-0.1, -0.05) is 0 Å². The van der Waals surface area contributed by atoms with Crippen LogP contribution in [0.4, 0.5) is 23.7 Å². The standard InChI is InChI=1S/C16H20BrF3N4O2/c1-14(2,3)26-13(25)23-5-4-15(7-23)8-24(9-15)10-6-21-12(16(18,19)20)22-11(10)17/h6H,4-5,7-9H2,1-3H3. The molecule has 2 saturated heterocycles. The second kappa shape index (κ2) is 6.24. The van der Waals surface area contributed by atoms with E-state index < -0.39 is 17.6 Å². The van der Waals surface area contributed by atoms with Gasteiger partial charge in [0, 0.05) is 31.6 Å². The largest absolute Gasteiger partial charge is 0.451 e. The average molecular weight is 437 g/mol. The molecule has 0 N–H and O–H groups in total. The predicted octanol–water partition coefficient (Wildman–Crippen LogP) is 3.71. The molecule has 1 aromatic heterocycles. The highest BCUT2D eigenvalue weighted by atomic mass is 79.9. The molecule has 0 saturated carbocycles. The molecule has 2 aliphatic rings. The Bertz CT molecular complexity index is 714. The zero-order chi connectivity index (χ0) is 19.3. The van der Waals surface area contributed by atoms with Crippen LogP contribution in [0, 0.1) is 5.41 Å². The molecule has 10 heteroatoms. The van der Waals surface area contributed by atoms with E-state index in [9.17, 15) is 18.0 Å². The summed E-state index contributed by atoms with van der Waals surface area (Å²) in [5, 5.41) is 0. The monoisotopic (exact) mass is 436 g/mol. The van der Waals surface area contributed by atoms with Crippen LogP contribution in [0.25, 0.3) is 0 Å². The summed E-state index contributed by atoms with van der Waals surface area (Å²) < 4.78 is 43.5. The zero-order valence-corrected chi connectivity index (χ0v) is 16.3. The minimum absolute atomic E-state index is 0.0565. The Balaban J connectivity index is 1.62. The number of rotatable bonds is 1. The van der Waals surface area contributed by atoms with Gasteiger partial charge in [0.2, 0.25) is 5.82 Å². The molecule has 2 fully saturated rings. The Hall–Kier alpha value is -1.58. The van der Waals surface area contributed by atoms with Crippen molar-refractivity contribution in [2.24, 2.45) is 5.41 Å². The normalized spacial score (nSPS) is 19.7. The first kappa shape index (κ1) is 19.2. The maximum atomic E-state index is 12.7. The Morgan fingerprint density at radius 3 is 2.46 bits per heavy atom. The smallest absolute Gasteiger partial charge is 0.444 e. The molecule has 0 aromatic carbocycles. The number of hydrogen-bond donors (Lipinski definition) is 0. The second-order valence-corrected chi connectivity index (χ2v) is 8.63. The fourth-order valence-electron chi connectivity index (χ4n) is 3.31. The van der Waals surface area contributed by atoms with Crippen molar-refractivity contribution >= 4 is 27.7 Å². The number of hydrogen-bond acceptors (Lipinski definition) is 5. The predicted molar refractivity (Wildman–Crippen MR) is 91.8 cm³/mol. The summed E-state index contributed by atoms with van der Waals surface area (Å²) in [4.78, 5) is 22.7. The first-order valence-electron chi connectivity index (χ1n) is 8.21. The number of carbonyl (C=O) groups is 1. The Morgan fingerprint density at radius 2 is 1.92 bits per heavy atom. The van der Waals surface area contributed by atoms with Gasteiger partial charge in [-0.15, -0.1) is 0 Å². The van der Waals surface area contributed by atoms with E-state index in [0.717, 1.165) is 6.42 Å². The van der Waals surface area contributed by atoms with Gasteiger partial charge in [-0.25, -0.2) is 14.8 Å². The maximum Gasteiger partial charge on any atom is 0.451 e. The molecule has 1 amide bonds. The number of halogens is 4. The van der Waals surface area contributed by atoms with Gasteiger partial charge in [0.15, 0.2) is 0 Å². The first-order chi connectivity index (χ1) is 11.9. The third kappa shape index (κ3) is 3.89. The third-order valence-electron chi connectivity index (χ3n) is 4.46. The van der Waals surface area contributed by atoms with Gasteiger partial charge in [0.05, 0.1) is 11.9 Å². The number of alkyl halides is 3. The molecule has 144 valence electrons. The molecule has 3 rings (SSSR count). The summed E-state index contributed by atoms with van der Waals surface area (Å²) in [5.41, 5.74) is -0.0701. The van der Waals surface area contributed by atoms with E-state index in [0.29, 0.717) is 31.9 Å². The third-order valence-corrected chi connectivity index (χ3v) is 5.04. The molecular weight excluding hydrogens is 417 g/mol. The van der Waals surface area contributed by atoms with Crippen LogP contribution in [-0.2, 0) is 10.9 Å². The van der Waals surface area contributed by atoms with E-state index >= 15 is 0 Å². The van der Waals surface area contributed by atoms with Crippen molar-refractivity contribution in [2.45, 2.75) is 39.0 Å². The molecule has 0 unspecified atom stereocenters. The highest BCUT2D eigenvalue weighted by Crippen LogP contribution is 2.43. The van der Waals surface area contributed by atoms with Gasteiger partial charge in [0.25, 0.3) is 0 Å². The Kier molecular flexibility index (Phi) is 4.61. The molecule has 1 spiro atoms. The van der Waals surface area contributed by atoms with Crippen LogP contribution < -0.4 is 4.90 Å². The topological polar surface area (TPSA) is 58.6 Å². The second-order valence-electron chi connectivity index (χ2n) is 7.88. The fraction of sp³-hybridized carbons (Fsp3) is 0.688. The molecule has 2 aliphatic heterocycles. The average Bonchev–Trinajstić information content (AvgIpc) is 2.88. The molecule has 0 atom stereocenters. The van der Waals surface area contributed by atoms with Crippen LogP contribution in [0.15, 0.2) is 10.8 Å². The summed E-state index contributed by atoms with van der Waals surface area (Å²) in [6.07, 6.45) is -2.88. The first-order valence-corrected chi connectivity index (χ1v) is 9.01. The number of anilines is 1. The van der Waals surface area contributed by atoms with Crippen LogP contribution in [-0.4, -0.2) is 52.7 Å². The maximum absolute atomic E-state index is 12.7. The van der Waals surface area contributed by atoms with E-state index in [2.05, 4.69) is 25.9 Å². The lowest BCUT2D eigenvalue weighted by molar-refractivity contribution is -0.145. The van der Waals surface area contributed by atoms with Crippen LogP contribution in [0.3, 0.4) is 0 Å². The van der Waals surface area contributed by atoms with E-state index in [1.807, 2.05) is 25.7 Å². The van der Waals surface area contributed by atoms with Crippen molar-refractivity contribution in [1.82, 2.24) is 14.9 Å². The summed E-state index contributed by atoms with van der Waals surface area (Å²) >= 11 is 3.10. The van der Waals surface area contributed by atoms with Crippen LogP contribution in [0.2, 0.25) is 0 Å². The van der Waals surface area contributed by atoms with Crippen molar-refractivity contribution in [3.63, 3.8) is 0 Å². The molecule has 3 heterocycles. The van der Waals surface area contributed by atoms with Crippen molar-refractivity contribution in [1.29, 1.82) is 0 Å². The number of ether oxygens (including phenoxy) is 1. The van der Waals surface area contributed by atoms with Crippen molar-refractivity contribution in [3.05, 3.63) is 16.6 Å². The summed E-state index contributed by atoms with van der Waals surface area (Å²) in [5.74, 6) is -1.17. The quantitative estimate of drug-likeness (QED) is 0.628. The minimum atomic E-state index is -4.57. The van der Waals surface area contributed by atoms with Gasteiger partial charge in [-0.05, 0) is 43.1 Å². The van der Waals surface area contributed by atoms with Gasteiger partial charge >= 0.3 is 12.3 Å². The number of amides is 1. The number of likely N-dealkylation sites (tertiary alicyclic amines) is 1. The summed E-state index contributed by atoms with van der Waals surface area (Å²) in [6, 6.07) is 0. The Labute approximate surface area is 157 Å². The zero-order valence-electron chi connectivity index (χ0n) is 14.7. The molecule has 26 heavy (non-hydrogen) atoms. The van der Waals surface area contributed by atoms with E-state index in [4.69, 9.17) is 4.74 Å². The molecule has 0 aliphatic carbocycles. The van der Waals surface area contributed by atoms with E-state index in [1.165, 1.54) is 6.20 Å². The minimum Gasteiger partial charge on any atom is -0.444 e. The number of carbonyl (C=O) groups excluding carboxylic acids is 1. The molecule has 0 radical (unpaired) electrons.